The minimum absolute atomic E-state index is 0.0285. The largest absolute Gasteiger partial charge is 0.390 e. The first-order chi connectivity index (χ1) is 6.95. The number of aliphatic hydroxyl groups excluding tert-OH is 1. The molecule has 0 aliphatic carbocycles. The van der Waals surface area contributed by atoms with Crippen LogP contribution < -0.4 is 5.73 Å². The second-order valence-electron chi connectivity index (χ2n) is 5.62. The first-order valence-corrected chi connectivity index (χ1v) is 5.98. The molecule has 0 radical (unpaired) electrons. The molecule has 0 aromatic heterocycles. The van der Waals surface area contributed by atoms with Crippen LogP contribution in [0.15, 0.2) is 0 Å². The van der Waals surface area contributed by atoms with Crippen molar-refractivity contribution in [1.82, 2.24) is 0 Å². The SMILES string of the molecule is CC(C)(C)C1C[C@H](O)[C@@H](CCCCN)O1. The van der Waals surface area contributed by atoms with Crippen LogP contribution in [-0.2, 0) is 4.74 Å². The topological polar surface area (TPSA) is 55.5 Å². The first kappa shape index (κ1) is 12.9. The molecule has 0 aromatic rings. The van der Waals surface area contributed by atoms with Gasteiger partial charge in [0.2, 0.25) is 0 Å². The van der Waals surface area contributed by atoms with Gasteiger partial charge in [-0.1, -0.05) is 20.8 Å². The molecular formula is C12H25NO2. The van der Waals surface area contributed by atoms with Gasteiger partial charge in [0.25, 0.3) is 0 Å². The molecule has 90 valence electrons. The van der Waals surface area contributed by atoms with E-state index >= 15 is 0 Å². The maximum atomic E-state index is 9.87. The fourth-order valence-corrected chi connectivity index (χ4v) is 2.04. The maximum absolute atomic E-state index is 9.87. The normalized spacial score (nSPS) is 32.2. The molecule has 1 aliphatic rings. The lowest BCUT2D eigenvalue weighted by molar-refractivity contribution is -0.0344. The Hall–Kier alpha value is -0.120. The average Bonchev–Trinajstić information content (AvgIpc) is 2.48. The van der Waals surface area contributed by atoms with Crippen LogP contribution in [0.5, 0.6) is 0 Å². The number of rotatable bonds is 4. The summed E-state index contributed by atoms with van der Waals surface area (Å²) in [5.74, 6) is 0. The van der Waals surface area contributed by atoms with Gasteiger partial charge in [0.15, 0.2) is 0 Å². The third-order valence-electron chi connectivity index (χ3n) is 3.13. The molecule has 1 fully saturated rings. The summed E-state index contributed by atoms with van der Waals surface area (Å²) in [7, 11) is 0. The Labute approximate surface area is 93.0 Å². The zero-order chi connectivity index (χ0) is 11.5. The molecule has 3 N–H and O–H groups in total. The number of nitrogens with two attached hydrogens (primary N) is 1. The Balaban J connectivity index is 2.36. The van der Waals surface area contributed by atoms with Crippen molar-refractivity contribution in [3.05, 3.63) is 0 Å². The van der Waals surface area contributed by atoms with Crippen LogP contribution in [0.1, 0.15) is 46.5 Å². The minimum Gasteiger partial charge on any atom is -0.390 e. The second kappa shape index (κ2) is 5.28. The Bertz CT molecular complexity index is 189. The molecule has 3 nitrogen and oxygen atoms in total. The fourth-order valence-electron chi connectivity index (χ4n) is 2.04. The van der Waals surface area contributed by atoms with E-state index in [9.17, 15) is 5.11 Å². The van der Waals surface area contributed by atoms with E-state index in [-0.39, 0.29) is 23.7 Å². The van der Waals surface area contributed by atoms with Gasteiger partial charge in [-0.2, -0.15) is 0 Å². The zero-order valence-corrected chi connectivity index (χ0v) is 10.2. The fraction of sp³-hybridized carbons (Fsp3) is 1.00. The van der Waals surface area contributed by atoms with E-state index in [2.05, 4.69) is 20.8 Å². The molecule has 3 heteroatoms. The van der Waals surface area contributed by atoms with Gasteiger partial charge in [-0.15, -0.1) is 0 Å². The molecule has 0 aromatic carbocycles. The van der Waals surface area contributed by atoms with E-state index in [1.807, 2.05) is 0 Å². The van der Waals surface area contributed by atoms with Gasteiger partial charge in [-0.3, -0.25) is 0 Å². The Morgan fingerprint density at radius 1 is 1.33 bits per heavy atom. The molecule has 3 atom stereocenters. The van der Waals surface area contributed by atoms with E-state index in [0.717, 1.165) is 32.2 Å². The number of aliphatic hydroxyl groups is 1. The zero-order valence-electron chi connectivity index (χ0n) is 10.2. The lowest BCUT2D eigenvalue weighted by atomic mass is 9.87. The second-order valence-corrected chi connectivity index (χ2v) is 5.62. The van der Waals surface area contributed by atoms with Crippen molar-refractivity contribution < 1.29 is 9.84 Å². The molecular weight excluding hydrogens is 190 g/mol. The van der Waals surface area contributed by atoms with Gasteiger partial charge < -0.3 is 15.6 Å². The monoisotopic (exact) mass is 215 g/mol. The van der Waals surface area contributed by atoms with Gasteiger partial charge in [-0.25, -0.2) is 0 Å². The van der Waals surface area contributed by atoms with Crippen LogP contribution in [0.25, 0.3) is 0 Å². The first-order valence-electron chi connectivity index (χ1n) is 5.98. The van der Waals surface area contributed by atoms with E-state index < -0.39 is 0 Å². The lowest BCUT2D eigenvalue weighted by Crippen LogP contribution is -2.26. The Kier molecular flexibility index (Phi) is 4.56. The number of unbranched alkanes of at least 4 members (excludes halogenated alkanes) is 1. The van der Waals surface area contributed by atoms with Gasteiger partial charge in [0.05, 0.1) is 18.3 Å². The van der Waals surface area contributed by atoms with Crippen LogP contribution in [0, 0.1) is 5.41 Å². The molecule has 1 saturated heterocycles. The highest BCUT2D eigenvalue weighted by Crippen LogP contribution is 2.34. The predicted octanol–water partition coefficient (Wildman–Crippen LogP) is 1.68. The highest BCUT2D eigenvalue weighted by Gasteiger charge is 2.39. The Morgan fingerprint density at radius 2 is 2.00 bits per heavy atom. The van der Waals surface area contributed by atoms with Crippen LogP contribution in [0.2, 0.25) is 0 Å². The summed E-state index contributed by atoms with van der Waals surface area (Å²) in [6, 6.07) is 0. The molecule has 1 aliphatic heterocycles. The summed E-state index contributed by atoms with van der Waals surface area (Å²) < 4.78 is 5.89. The summed E-state index contributed by atoms with van der Waals surface area (Å²) in [4.78, 5) is 0. The smallest absolute Gasteiger partial charge is 0.0839 e. The summed E-state index contributed by atoms with van der Waals surface area (Å²) >= 11 is 0. The highest BCUT2D eigenvalue weighted by molar-refractivity contribution is 4.88. The molecule has 0 amide bonds. The van der Waals surface area contributed by atoms with Crippen molar-refractivity contribution in [3.63, 3.8) is 0 Å². The number of hydrogen-bond donors (Lipinski definition) is 2. The average molecular weight is 215 g/mol. The number of ether oxygens (including phenoxy) is 1. The van der Waals surface area contributed by atoms with Crippen LogP contribution in [-0.4, -0.2) is 30.0 Å². The van der Waals surface area contributed by atoms with E-state index in [4.69, 9.17) is 10.5 Å². The van der Waals surface area contributed by atoms with E-state index in [1.165, 1.54) is 0 Å². The van der Waals surface area contributed by atoms with E-state index in [1.54, 1.807) is 0 Å². The summed E-state index contributed by atoms with van der Waals surface area (Å²) in [6.07, 6.45) is 3.71. The van der Waals surface area contributed by atoms with Gasteiger partial charge >= 0.3 is 0 Å². The molecule has 0 bridgehead atoms. The Morgan fingerprint density at radius 3 is 2.47 bits per heavy atom. The van der Waals surface area contributed by atoms with Gasteiger partial charge in [0.1, 0.15) is 0 Å². The van der Waals surface area contributed by atoms with Crippen molar-refractivity contribution in [2.45, 2.75) is 64.8 Å². The van der Waals surface area contributed by atoms with E-state index in [0.29, 0.717) is 0 Å². The third-order valence-corrected chi connectivity index (χ3v) is 3.13. The minimum atomic E-state index is -0.285. The maximum Gasteiger partial charge on any atom is 0.0839 e. The summed E-state index contributed by atoms with van der Waals surface area (Å²) in [6.45, 7) is 7.21. The molecule has 1 unspecified atom stereocenters. The van der Waals surface area contributed by atoms with Crippen molar-refractivity contribution in [2.24, 2.45) is 11.1 Å². The molecule has 15 heavy (non-hydrogen) atoms. The number of hydrogen-bond acceptors (Lipinski definition) is 3. The van der Waals surface area contributed by atoms with Crippen molar-refractivity contribution >= 4 is 0 Å². The molecule has 0 saturated carbocycles. The highest BCUT2D eigenvalue weighted by atomic mass is 16.5. The third kappa shape index (κ3) is 3.74. The quantitative estimate of drug-likeness (QED) is 0.702. The standard InChI is InChI=1S/C12H25NO2/c1-12(2,3)11-8-9(14)10(15-11)6-4-5-7-13/h9-11,14H,4-8,13H2,1-3H3/t9-,10+,11?/m0/s1. The summed E-state index contributed by atoms with van der Waals surface area (Å²) in [5.41, 5.74) is 5.57. The van der Waals surface area contributed by atoms with Crippen molar-refractivity contribution in [1.29, 1.82) is 0 Å². The molecule has 1 rings (SSSR count). The van der Waals surface area contributed by atoms with Crippen LogP contribution in [0.3, 0.4) is 0 Å². The van der Waals surface area contributed by atoms with Crippen molar-refractivity contribution in [2.75, 3.05) is 6.54 Å². The van der Waals surface area contributed by atoms with Gasteiger partial charge in [0, 0.05) is 6.42 Å². The predicted molar refractivity (Wildman–Crippen MR) is 61.6 cm³/mol. The lowest BCUT2D eigenvalue weighted by Gasteiger charge is -2.26. The van der Waals surface area contributed by atoms with Crippen molar-refractivity contribution in [3.8, 4) is 0 Å². The molecule has 1 heterocycles. The molecule has 0 spiro atoms. The van der Waals surface area contributed by atoms with Gasteiger partial charge in [-0.05, 0) is 31.2 Å². The summed E-state index contributed by atoms with van der Waals surface area (Å²) in [5, 5.41) is 9.87. The van der Waals surface area contributed by atoms with Crippen LogP contribution >= 0.6 is 0 Å². The van der Waals surface area contributed by atoms with Crippen LogP contribution in [0.4, 0.5) is 0 Å².